The maximum absolute atomic E-state index is 13.5. The molecule has 0 bridgehead atoms. The van der Waals surface area contributed by atoms with Crippen molar-refractivity contribution < 1.29 is 42.6 Å². The Kier molecular flexibility index (Phi) is 7.77. The van der Waals surface area contributed by atoms with E-state index in [2.05, 4.69) is 4.98 Å². The molecular formula is C19H24FN4O12P. The molecule has 0 spiro atoms. The summed E-state index contributed by atoms with van der Waals surface area (Å²) in [5.41, 5.74) is -3.29. The lowest BCUT2D eigenvalue weighted by molar-refractivity contribution is -0.0583. The van der Waals surface area contributed by atoms with E-state index in [0.29, 0.717) is 6.20 Å². The fourth-order valence-electron chi connectivity index (χ4n) is 3.92. The standard InChI is InChI=1S/C19H24FN4O12P/c1-8-4-23(18(29)21-16(8)27)14-2-10(25)12(35-14)6-33-37(31,32)34-7-13-11(26)3-15(36-13)24-5-9(20)17(28)22-19(24)30/h4-5,10-15,25-26H,2-3,6-7H2,1H3,(H,31,32)(H,21,27,29)(H,22,28,30)/t10-,11-,12+,13+,14+,15+/m0/s1. The van der Waals surface area contributed by atoms with Crippen molar-refractivity contribution in [3.05, 3.63) is 65.5 Å². The fourth-order valence-corrected chi connectivity index (χ4v) is 4.66. The summed E-state index contributed by atoms with van der Waals surface area (Å²) in [6.07, 6.45) is -5.31. The molecule has 0 saturated carbocycles. The van der Waals surface area contributed by atoms with E-state index < -0.39 is 86.2 Å². The number of aromatic nitrogens is 4. The molecule has 0 amide bonds. The lowest BCUT2D eigenvalue weighted by atomic mass is 10.2. The second-order valence-electron chi connectivity index (χ2n) is 8.55. The van der Waals surface area contributed by atoms with Crippen LogP contribution in [0.3, 0.4) is 0 Å². The van der Waals surface area contributed by atoms with Gasteiger partial charge in [0.15, 0.2) is 0 Å². The Morgan fingerprint density at radius 2 is 1.41 bits per heavy atom. The quantitative estimate of drug-likeness (QED) is 0.224. The molecule has 2 saturated heterocycles. The average molecular weight is 550 g/mol. The van der Waals surface area contributed by atoms with Crippen molar-refractivity contribution in [1.82, 2.24) is 19.1 Å². The van der Waals surface area contributed by atoms with Crippen molar-refractivity contribution in [3.63, 3.8) is 0 Å². The zero-order valence-electron chi connectivity index (χ0n) is 19.2. The van der Waals surface area contributed by atoms with Gasteiger partial charge in [-0.1, -0.05) is 0 Å². The van der Waals surface area contributed by atoms with Crippen LogP contribution in [0.25, 0.3) is 0 Å². The van der Waals surface area contributed by atoms with E-state index in [4.69, 9.17) is 18.5 Å². The van der Waals surface area contributed by atoms with E-state index in [1.54, 1.807) is 4.98 Å². The minimum absolute atomic E-state index is 0.0653. The van der Waals surface area contributed by atoms with Crippen LogP contribution in [-0.4, -0.2) is 71.8 Å². The van der Waals surface area contributed by atoms with Crippen LogP contribution in [0.15, 0.2) is 31.6 Å². The first-order valence-electron chi connectivity index (χ1n) is 11.0. The molecular weight excluding hydrogens is 526 g/mol. The van der Waals surface area contributed by atoms with E-state index in [1.165, 1.54) is 13.1 Å². The number of halogens is 1. The first kappa shape index (κ1) is 27.3. The summed E-state index contributed by atoms with van der Waals surface area (Å²) in [6, 6.07) is 0. The van der Waals surface area contributed by atoms with E-state index in [9.17, 15) is 43.2 Å². The highest BCUT2D eigenvalue weighted by Crippen LogP contribution is 2.45. The van der Waals surface area contributed by atoms with Gasteiger partial charge in [0, 0.05) is 24.6 Å². The molecule has 2 aromatic rings. The van der Waals surface area contributed by atoms with Crippen LogP contribution in [0.5, 0.6) is 0 Å². The molecule has 2 aromatic heterocycles. The summed E-state index contributed by atoms with van der Waals surface area (Å²) in [7, 11) is -4.76. The van der Waals surface area contributed by atoms with Gasteiger partial charge in [-0.2, -0.15) is 4.39 Å². The third-order valence-electron chi connectivity index (χ3n) is 5.90. The zero-order chi connectivity index (χ0) is 27.1. The number of nitrogens with zero attached hydrogens (tertiary/aromatic N) is 2. The van der Waals surface area contributed by atoms with Gasteiger partial charge in [0.2, 0.25) is 5.82 Å². The number of hydrogen-bond donors (Lipinski definition) is 5. The molecule has 7 atom stereocenters. The largest absolute Gasteiger partial charge is 0.472 e. The van der Waals surface area contributed by atoms with Crippen LogP contribution >= 0.6 is 7.82 Å². The third kappa shape index (κ3) is 6.05. The number of H-pyrrole nitrogens is 2. The maximum atomic E-state index is 13.5. The van der Waals surface area contributed by atoms with Gasteiger partial charge >= 0.3 is 19.2 Å². The van der Waals surface area contributed by atoms with Gasteiger partial charge in [-0.25, -0.2) is 14.2 Å². The number of nitrogens with one attached hydrogen (secondary N) is 2. The number of aryl methyl sites for hydroxylation is 1. The Bertz CT molecular complexity index is 1330. The number of phosphoric ester groups is 1. The second kappa shape index (κ2) is 10.5. The molecule has 0 aliphatic carbocycles. The highest BCUT2D eigenvalue weighted by Gasteiger charge is 2.40. The molecule has 1 unspecified atom stereocenters. The SMILES string of the molecule is Cc1cn([C@H]2C[C@H](O)[C@@H](COP(=O)(O)OC[C@H]3O[C@@H](n4cc(F)c(=O)[nH]c4=O)C[C@@H]3O)O2)c(=O)[nH]c1=O. The van der Waals surface area contributed by atoms with Gasteiger partial charge in [0.1, 0.15) is 24.7 Å². The molecule has 204 valence electrons. The lowest BCUT2D eigenvalue weighted by Crippen LogP contribution is -2.34. The molecule has 5 N–H and O–H groups in total. The Morgan fingerprint density at radius 1 is 0.946 bits per heavy atom. The second-order valence-corrected chi connectivity index (χ2v) is 10.0. The monoisotopic (exact) mass is 550 g/mol. The Hall–Kier alpha value is -2.76. The molecule has 2 aliphatic heterocycles. The normalized spacial score (nSPS) is 29.4. The zero-order valence-corrected chi connectivity index (χ0v) is 20.1. The molecule has 18 heteroatoms. The van der Waals surface area contributed by atoms with Crippen molar-refractivity contribution in [2.45, 2.75) is 56.6 Å². The summed E-state index contributed by atoms with van der Waals surface area (Å²) >= 11 is 0. The highest BCUT2D eigenvalue weighted by molar-refractivity contribution is 7.47. The van der Waals surface area contributed by atoms with E-state index in [-0.39, 0.29) is 18.4 Å². The predicted molar refractivity (Wildman–Crippen MR) is 118 cm³/mol. The summed E-state index contributed by atoms with van der Waals surface area (Å²) < 4.78 is 48.3. The van der Waals surface area contributed by atoms with Gasteiger partial charge in [0.25, 0.3) is 11.1 Å². The summed E-state index contributed by atoms with van der Waals surface area (Å²) in [4.78, 5) is 60.5. The first-order chi connectivity index (χ1) is 17.3. The Labute approximate surface area is 205 Å². The number of hydrogen-bond acceptors (Lipinski definition) is 11. The van der Waals surface area contributed by atoms with Crippen LogP contribution in [-0.2, 0) is 23.1 Å². The number of ether oxygens (including phenoxy) is 2. The van der Waals surface area contributed by atoms with Crippen molar-refractivity contribution in [1.29, 1.82) is 0 Å². The van der Waals surface area contributed by atoms with E-state index in [1.807, 2.05) is 0 Å². The summed E-state index contributed by atoms with van der Waals surface area (Å²) in [5.74, 6) is -1.25. The molecule has 37 heavy (non-hydrogen) atoms. The van der Waals surface area contributed by atoms with Gasteiger partial charge in [-0.3, -0.25) is 37.7 Å². The first-order valence-corrected chi connectivity index (χ1v) is 12.5. The van der Waals surface area contributed by atoms with E-state index in [0.717, 1.165) is 9.13 Å². The highest BCUT2D eigenvalue weighted by atomic mass is 31.2. The van der Waals surface area contributed by atoms with Gasteiger partial charge in [-0.05, 0) is 6.92 Å². The topological polar surface area (TPSA) is 224 Å². The van der Waals surface area contributed by atoms with Gasteiger partial charge in [0.05, 0.1) is 31.6 Å². The number of aliphatic hydroxyl groups is 2. The van der Waals surface area contributed by atoms with Crippen LogP contribution in [0, 0.1) is 12.7 Å². The Morgan fingerprint density at radius 3 is 1.92 bits per heavy atom. The van der Waals surface area contributed by atoms with Crippen LogP contribution in [0.1, 0.15) is 30.9 Å². The van der Waals surface area contributed by atoms with Crippen molar-refractivity contribution in [2.75, 3.05) is 13.2 Å². The summed E-state index contributed by atoms with van der Waals surface area (Å²) in [5, 5.41) is 20.4. The van der Waals surface area contributed by atoms with Crippen LogP contribution in [0.2, 0.25) is 0 Å². The summed E-state index contributed by atoms with van der Waals surface area (Å²) in [6.45, 7) is 0.213. The predicted octanol–water partition coefficient (Wildman–Crippen LogP) is -2.04. The molecule has 4 heterocycles. The minimum atomic E-state index is -4.76. The number of aromatic amines is 2. The van der Waals surface area contributed by atoms with Crippen LogP contribution in [0.4, 0.5) is 4.39 Å². The van der Waals surface area contributed by atoms with Crippen molar-refractivity contribution >= 4 is 7.82 Å². The lowest BCUT2D eigenvalue weighted by Gasteiger charge is -2.20. The average Bonchev–Trinajstić information content (AvgIpc) is 3.38. The van der Waals surface area contributed by atoms with Crippen molar-refractivity contribution in [2.24, 2.45) is 0 Å². The van der Waals surface area contributed by atoms with Crippen molar-refractivity contribution in [3.8, 4) is 0 Å². The number of aliphatic hydroxyl groups excluding tert-OH is 2. The molecule has 16 nitrogen and oxygen atoms in total. The van der Waals surface area contributed by atoms with E-state index >= 15 is 0 Å². The Balaban J connectivity index is 1.31. The molecule has 2 fully saturated rings. The molecule has 2 aliphatic rings. The molecule has 4 rings (SSSR count). The smallest absolute Gasteiger partial charge is 0.390 e. The molecule has 0 aromatic carbocycles. The maximum Gasteiger partial charge on any atom is 0.472 e. The number of phosphoric acid groups is 1. The minimum Gasteiger partial charge on any atom is -0.390 e. The number of rotatable bonds is 8. The van der Waals surface area contributed by atoms with Crippen LogP contribution < -0.4 is 22.5 Å². The third-order valence-corrected chi connectivity index (χ3v) is 6.85. The fraction of sp³-hybridized carbons (Fsp3) is 0.579. The molecule has 0 radical (unpaired) electrons. The van der Waals surface area contributed by atoms with Gasteiger partial charge < -0.3 is 24.6 Å². The van der Waals surface area contributed by atoms with Gasteiger partial charge in [-0.15, -0.1) is 0 Å².